The average Bonchev–Trinajstić information content (AvgIpc) is 3.13. The maximum Gasteiger partial charge on any atom is 0.129 e. The highest BCUT2D eigenvalue weighted by Crippen LogP contribution is 2.29. The summed E-state index contributed by atoms with van der Waals surface area (Å²) in [5.41, 5.74) is 1.65. The highest BCUT2D eigenvalue weighted by atomic mass is 19.1. The van der Waals surface area contributed by atoms with Gasteiger partial charge in [-0.05, 0) is 38.0 Å². The molecule has 0 radical (unpaired) electrons. The van der Waals surface area contributed by atoms with E-state index in [1.807, 2.05) is 13.0 Å². The number of hydrogen-bond acceptors (Lipinski definition) is 7. The van der Waals surface area contributed by atoms with Gasteiger partial charge in [0.15, 0.2) is 0 Å². The fourth-order valence-electron chi connectivity index (χ4n) is 4.14. The van der Waals surface area contributed by atoms with Crippen LogP contribution in [-0.4, -0.2) is 70.9 Å². The van der Waals surface area contributed by atoms with Gasteiger partial charge in [0.25, 0.3) is 0 Å². The summed E-state index contributed by atoms with van der Waals surface area (Å²) >= 11 is 0. The average molecular weight is 411 g/mol. The van der Waals surface area contributed by atoms with E-state index in [1.165, 1.54) is 12.3 Å². The van der Waals surface area contributed by atoms with Crippen LogP contribution in [0.15, 0.2) is 28.2 Å². The number of nitrogens with zero attached hydrogens (tertiary/aromatic N) is 4. The third kappa shape index (κ3) is 3.90. The second-order valence-corrected chi connectivity index (χ2v) is 8.08. The van der Waals surface area contributed by atoms with Crippen molar-refractivity contribution in [1.82, 2.24) is 20.4 Å². The van der Waals surface area contributed by atoms with Crippen LogP contribution >= 0.6 is 0 Å². The number of rotatable bonds is 5. The number of β-amino-alcohol motifs (C(OH)–C–C–N with tert-alkyl or cyclic N) is 1. The third-order valence-corrected chi connectivity index (χ3v) is 5.63. The van der Waals surface area contributed by atoms with Gasteiger partial charge in [0, 0.05) is 43.5 Å². The van der Waals surface area contributed by atoms with Crippen molar-refractivity contribution in [3.63, 3.8) is 0 Å². The first-order valence-electron chi connectivity index (χ1n) is 9.99. The minimum Gasteiger partial charge on any atom is -0.389 e. The van der Waals surface area contributed by atoms with Crippen molar-refractivity contribution in [3.8, 4) is 0 Å². The Kier molecular flexibility index (Phi) is 5.48. The smallest absolute Gasteiger partial charge is 0.129 e. The van der Waals surface area contributed by atoms with Crippen LogP contribution in [-0.2, 0) is 0 Å². The van der Waals surface area contributed by atoms with Gasteiger partial charge >= 0.3 is 0 Å². The van der Waals surface area contributed by atoms with Gasteiger partial charge in [-0.2, -0.15) is 5.10 Å². The van der Waals surface area contributed by atoms with E-state index in [-0.39, 0.29) is 6.17 Å². The van der Waals surface area contributed by atoms with E-state index in [0.29, 0.717) is 23.3 Å². The molecule has 1 aromatic heterocycles. The Morgan fingerprint density at radius 3 is 3.03 bits per heavy atom. The quantitative estimate of drug-likeness (QED) is 0.566. The molecule has 9 heteroatoms. The molecule has 4 rings (SSSR count). The summed E-state index contributed by atoms with van der Waals surface area (Å²) in [5, 5.41) is 29.2. The van der Waals surface area contributed by atoms with Crippen molar-refractivity contribution in [1.29, 1.82) is 5.41 Å². The molecule has 1 fully saturated rings. The van der Waals surface area contributed by atoms with Crippen molar-refractivity contribution in [2.75, 3.05) is 20.1 Å². The van der Waals surface area contributed by atoms with E-state index in [0.717, 1.165) is 30.5 Å². The summed E-state index contributed by atoms with van der Waals surface area (Å²) in [5.74, 6) is -0.952. The Morgan fingerprint density at radius 2 is 2.30 bits per heavy atom. The van der Waals surface area contributed by atoms with Crippen LogP contribution in [0.4, 0.5) is 4.39 Å². The largest absolute Gasteiger partial charge is 0.389 e. The van der Waals surface area contributed by atoms with Gasteiger partial charge in [0.1, 0.15) is 17.7 Å². The molecule has 8 nitrogen and oxygen atoms in total. The summed E-state index contributed by atoms with van der Waals surface area (Å²) in [6.45, 7) is 3.26. The minimum atomic E-state index is -0.722. The van der Waals surface area contributed by atoms with Gasteiger partial charge in [-0.15, -0.1) is 0 Å². The number of H-pyrrole nitrogens is 1. The fraction of sp³-hybridized carbons (Fsp3) is 0.429. The van der Waals surface area contributed by atoms with Gasteiger partial charge < -0.3 is 15.8 Å². The molecule has 1 aromatic carbocycles. The second-order valence-electron chi connectivity index (χ2n) is 8.08. The van der Waals surface area contributed by atoms with E-state index in [2.05, 4.69) is 30.4 Å². The lowest BCUT2D eigenvalue weighted by atomic mass is 9.94. The number of halogens is 1. The molecular weight excluding hydrogens is 385 g/mol. The molecule has 2 aliphatic rings. The van der Waals surface area contributed by atoms with Crippen molar-refractivity contribution in [2.24, 2.45) is 9.98 Å². The van der Waals surface area contributed by atoms with Crippen LogP contribution in [0, 0.1) is 11.2 Å². The fourth-order valence-corrected chi connectivity index (χ4v) is 4.14. The van der Waals surface area contributed by atoms with Gasteiger partial charge in [-0.25, -0.2) is 4.39 Å². The van der Waals surface area contributed by atoms with Crippen LogP contribution < -0.4 is 5.32 Å². The molecule has 4 N–H and O–H groups in total. The number of aromatic nitrogens is 2. The summed E-state index contributed by atoms with van der Waals surface area (Å²) in [7, 11) is 1.60. The first-order chi connectivity index (χ1) is 14.4. The predicted octanol–water partition coefficient (Wildman–Crippen LogP) is 2.28. The van der Waals surface area contributed by atoms with Gasteiger partial charge in [-0.1, -0.05) is 0 Å². The number of benzene rings is 1. The lowest BCUT2D eigenvalue weighted by Gasteiger charge is -2.39. The molecular formula is C21H26FN7O. The Hall–Kier alpha value is -2.91. The van der Waals surface area contributed by atoms with Gasteiger partial charge in [0.05, 0.1) is 29.1 Å². The topological polar surface area (TPSA) is 113 Å². The number of aromatic amines is 1. The Morgan fingerprint density at radius 1 is 1.47 bits per heavy atom. The molecule has 3 atom stereocenters. The zero-order valence-electron chi connectivity index (χ0n) is 17.1. The van der Waals surface area contributed by atoms with E-state index < -0.39 is 17.3 Å². The standard InChI is InChI=1S/C21H26FN7O/c1-21(30)4-3-5-29(11-21)19-8-18(25-12-26-19)20-15-6-14(13(9-23)10-24-2)16(22)7-17(15)27-28-20/h6-10,12-13,19,23,30H,3-5,11H2,1-2H3,(H,25,26)(H,27,28). The maximum absolute atomic E-state index is 14.6. The molecule has 0 amide bonds. The molecule has 158 valence electrons. The molecule has 0 saturated carbocycles. The number of fused-ring (bicyclic) bond motifs is 1. The zero-order valence-corrected chi connectivity index (χ0v) is 17.1. The highest BCUT2D eigenvalue weighted by Gasteiger charge is 2.32. The molecule has 3 heterocycles. The van der Waals surface area contributed by atoms with E-state index in [4.69, 9.17) is 5.41 Å². The monoisotopic (exact) mass is 411 g/mol. The van der Waals surface area contributed by atoms with Gasteiger partial charge in [0.2, 0.25) is 0 Å². The predicted molar refractivity (Wildman–Crippen MR) is 117 cm³/mol. The van der Waals surface area contributed by atoms with Crippen molar-refractivity contribution < 1.29 is 9.50 Å². The Balaban J connectivity index is 1.70. The van der Waals surface area contributed by atoms with Crippen molar-refractivity contribution in [3.05, 3.63) is 35.3 Å². The van der Waals surface area contributed by atoms with Crippen molar-refractivity contribution >= 4 is 35.4 Å². The highest BCUT2D eigenvalue weighted by molar-refractivity contribution is 5.96. The summed E-state index contributed by atoms with van der Waals surface area (Å²) in [6, 6.07) is 3.12. The zero-order chi connectivity index (χ0) is 21.3. The maximum atomic E-state index is 14.6. The Labute approximate surface area is 174 Å². The van der Waals surface area contributed by atoms with Gasteiger partial charge in [-0.3, -0.25) is 20.0 Å². The van der Waals surface area contributed by atoms with E-state index >= 15 is 0 Å². The molecule has 1 saturated heterocycles. The second kappa shape index (κ2) is 8.08. The van der Waals surface area contributed by atoms with Crippen LogP contribution in [0.2, 0.25) is 0 Å². The third-order valence-electron chi connectivity index (χ3n) is 5.63. The molecule has 0 spiro atoms. The summed E-state index contributed by atoms with van der Waals surface area (Å²) in [6.07, 6.45) is 7.80. The molecule has 30 heavy (non-hydrogen) atoms. The number of likely N-dealkylation sites (tertiary alicyclic amines) is 1. The van der Waals surface area contributed by atoms with Crippen molar-refractivity contribution in [2.45, 2.75) is 37.5 Å². The number of aliphatic hydroxyl groups is 1. The lowest BCUT2D eigenvalue weighted by molar-refractivity contribution is -0.0229. The number of nitrogens with one attached hydrogen (secondary N) is 3. The number of piperidine rings is 1. The SMILES string of the molecule is CN=CC(C=N)c1cc2c(C3=CC(N4CCCC(C)(O)C4)N=CN3)n[nH]c2cc1F. The lowest BCUT2D eigenvalue weighted by Crippen LogP contribution is -2.50. The van der Waals surface area contributed by atoms with E-state index in [1.54, 1.807) is 25.7 Å². The van der Waals surface area contributed by atoms with E-state index in [9.17, 15) is 9.50 Å². The number of hydrogen-bond donors (Lipinski definition) is 4. The first kappa shape index (κ1) is 20.4. The molecule has 0 aliphatic carbocycles. The molecule has 2 aromatic rings. The summed E-state index contributed by atoms with van der Waals surface area (Å²) < 4.78 is 14.6. The first-order valence-corrected chi connectivity index (χ1v) is 9.99. The van der Waals surface area contributed by atoms with Crippen LogP contribution in [0.5, 0.6) is 0 Å². The number of aliphatic imine (C=N–C) groups is 2. The Bertz CT molecular complexity index is 1040. The van der Waals surface area contributed by atoms with Crippen LogP contribution in [0.1, 0.15) is 36.9 Å². The normalized spacial score (nSPS) is 26.0. The van der Waals surface area contributed by atoms with Crippen LogP contribution in [0.25, 0.3) is 16.6 Å². The van der Waals surface area contributed by atoms with Crippen LogP contribution in [0.3, 0.4) is 0 Å². The minimum absolute atomic E-state index is 0.207. The molecule has 2 aliphatic heterocycles. The molecule has 0 bridgehead atoms. The summed E-state index contributed by atoms with van der Waals surface area (Å²) in [4.78, 5) is 10.6. The molecule has 3 unspecified atom stereocenters.